The lowest BCUT2D eigenvalue weighted by molar-refractivity contribution is -0.127. The van der Waals surface area contributed by atoms with Crippen LogP contribution in [0.1, 0.15) is 35.6 Å². The number of likely N-dealkylation sites (N-methyl/N-ethyl adjacent to an activating group) is 1. The summed E-state index contributed by atoms with van der Waals surface area (Å²) in [5, 5.41) is 3.22. The summed E-state index contributed by atoms with van der Waals surface area (Å²) in [4.78, 5) is 17.4. The summed E-state index contributed by atoms with van der Waals surface area (Å²) in [5.74, 6) is 0.273. The molecule has 1 heterocycles. The summed E-state index contributed by atoms with van der Waals surface area (Å²) in [6, 6.07) is 19.3. The Hall–Kier alpha value is -2.17. The van der Waals surface area contributed by atoms with Crippen LogP contribution < -0.4 is 5.32 Å². The van der Waals surface area contributed by atoms with Crippen molar-refractivity contribution < 1.29 is 4.79 Å². The van der Waals surface area contributed by atoms with Crippen molar-refractivity contribution in [1.29, 1.82) is 0 Å². The first-order chi connectivity index (χ1) is 13.5. The Kier molecular flexibility index (Phi) is 7.24. The maximum absolute atomic E-state index is 12.9. The third-order valence-corrected chi connectivity index (χ3v) is 5.68. The highest BCUT2D eigenvalue weighted by molar-refractivity contribution is 5.79. The second-order valence-electron chi connectivity index (χ2n) is 8.20. The van der Waals surface area contributed by atoms with Gasteiger partial charge in [0.2, 0.25) is 5.91 Å². The quantitative estimate of drug-likeness (QED) is 0.798. The first-order valence-electron chi connectivity index (χ1n) is 10.3. The zero-order valence-corrected chi connectivity index (χ0v) is 17.4. The van der Waals surface area contributed by atoms with Gasteiger partial charge in [-0.25, -0.2) is 0 Å². The fraction of sp³-hybridized carbons (Fsp3) is 0.458. The summed E-state index contributed by atoms with van der Waals surface area (Å²) < 4.78 is 0. The van der Waals surface area contributed by atoms with Crippen molar-refractivity contribution in [3.8, 4) is 0 Å². The Labute approximate surface area is 169 Å². The third-order valence-electron chi connectivity index (χ3n) is 5.68. The van der Waals surface area contributed by atoms with Crippen molar-refractivity contribution >= 4 is 5.91 Å². The average Bonchev–Trinajstić information content (AvgIpc) is 2.70. The number of amides is 1. The third kappa shape index (κ3) is 5.66. The van der Waals surface area contributed by atoms with Crippen LogP contribution in [0.3, 0.4) is 0 Å². The molecular weight excluding hydrogens is 346 g/mol. The van der Waals surface area contributed by atoms with Gasteiger partial charge in [0.1, 0.15) is 0 Å². The molecule has 150 valence electrons. The van der Waals surface area contributed by atoms with Gasteiger partial charge < -0.3 is 10.2 Å². The minimum absolute atomic E-state index is 0.0818. The van der Waals surface area contributed by atoms with Gasteiger partial charge in [-0.2, -0.15) is 0 Å². The summed E-state index contributed by atoms with van der Waals surface area (Å²) in [7, 11) is 4.14. The van der Waals surface area contributed by atoms with E-state index in [1.54, 1.807) is 0 Å². The second kappa shape index (κ2) is 9.85. The Morgan fingerprint density at radius 1 is 1.14 bits per heavy atom. The van der Waals surface area contributed by atoms with Crippen LogP contribution in [0.5, 0.6) is 0 Å². The van der Waals surface area contributed by atoms with Crippen molar-refractivity contribution in [2.75, 3.05) is 33.7 Å². The Balaban J connectivity index is 1.54. The molecule has 0 aliphatic carbocycles. The van der Waals surface area contributed by atoms with Crippen LogP contribution >= 0.6 is 0 Å². The molecule has 2 aromatic carbocycles. The van der Waals surface area contributed by atoms with E-state index in [1.807, 2.05) is 6.07 Å². The minimum Gasteiger partial charge on any atom is -0.354 e. The van der Waals surface area contributed by atoms with E-state index in [0.717, 1.165) is 32.5 Å². The predicted molar refractivity (Wildman–Crippen MR) is 115 cm³/mol. The fourth-order valence-corrected chi connectivity index (χ4v) is 3.98. The van der Waals surface area contributed by atoms with Gasteiger partial charge in [-0.3, -0.25) is 9.69 Å². The van der Waals surface area contributed by atoms with Crippen molar-refractivity contribution in [2.45, 2.75) is 32.4 Å². The number of carbonyl (C=O) groups excluding carboxylic acids is 1. The number of rotatable bonds is 7. The number of hydrogen-bond donors (Lipinski definition) is 1. The molecule has 1 N–H and O–H groups in total. The molecule has 1 fully saturated rings. The molecule has 0 spiro atoms. The zero-order valence-electron chi connectivity index (χ0n) is 17.4. The highest BCUT2D eigenvalue weighted by atomic mass is 16.1. The molecule has 1 aliphatic rings. The molecule has 0 radical (unpaired) electrons. The van der Waals surface area contributed by atoms with Crippen LogP contribution in [0.4, 0.5) is 0 Å². The van der Waals surface area contributed by atoms with E-state index >= 15 is 0 Å². The van der Waals surface area contributed by atoms with E-state index in [9.17, 15) is 4.79 Å². The molecule has 2 aromatic rings. The van der Waals surface area contributed by atoms with Gasteiger partial charge in [-0.05, 0) is 51.5 Å². The lowest BCUT2D eigenvalue weighted by atomic mass is 9.96. The van der Waals surface area contributed by atoms with E-state index in [2.05, 4.69) is 84.7 Å². The lowest BCUT2D eigenvalue weighted by Crippen LogP contribution is -2.44. The number of aryl methyl sites for hydroxylation is 1. The number of likely N-dealkylation sites (tertiary alicyclic amines) is 1. The molecule has 2 unspecified atom stereocenters. The fourth-order valence-electron chi connectivity index (χ4n) is 3.98. The SMILES string of the molecule is Cc1ccc(C(CNC(=O)C2CCCN(Cc3ccccc3)C2)N(C)C)cc1. The number of hydrogen-bond acceptors (Lipinski definition) is 3. The molecule has 2 atom stereocenters. The van der Waals surface area contributed by atoms with Crippen LogP contribution in [0.15, 0.2) is 54.6 Å². The highest BCUT2D eigenvalue weighted by Crippen LogP contribution is 2.21. The van der Waals surface area contributed by atoms with E-state index < -0.39 is 0 Å². The normalized spacial score (nSPS) is 18.8. The molecule has 4 heteroatoms. The lowest BCUT2D eigenvalue weighted by Gasteiger charge is -2.33. The number of nitrogens with zero attached hydrogens (tertiary/aromatic N) is 2. The predicted octanol–water partition coefficient (Wildman–Crippen LogP) is 3.63. The molecular formula is C24H33N3O. The van der Waals surface area contributed by atoms with E-state index in [1.165, 1.54) is 16.7 Å². The maximum atomic E-state index is 12.9. The highest BCUT2D eigenvalue weighted by Gasteiger charge is 2.26. The zero-order chi connectivity index (χ0) is 19.9. The van der Waals surface area contributed by atoms with Gasteiger partial charge in [-0.1, -0.05) is 60.2 Å². The van der Waals surface area contributed by atoms with Crippen molar-refractivity contribution in [1.82, 2.24) is 15.1 Å². The topological polar surface area (TPSA) is 35.6 Å². The van der Waals surface area contributed by atoms with Crippen LogP contribution in [0.25, 0.3) is 0 Å². The number of benzene rings is 2. The summed E-state index contributed by atoms with van der Waals surface area (Å²) in [6.45, 7) is 5.58. The minimum atomic E-state index is 0.0818. The van der Waals surface area contributed by atoms with Gasteiger partial charge in [0.15, 0.2) is 0 Å². The first kappa shape index (κ1) is 20.6. The number of carbonyl (C=O) groups is 1. The molecule has 0 saturated carbocycles. The van der Waals surface area contributed by atoms with Gasteiger partial charge >= 0.3 is 0 Å². The van der Waals surface area contributed by atoms with E-state index in [0.29, 0.717) is 6.54 Å². The van der Waals surface area contributed by atoms with Crippen LogP contribution in [-0.4, -0.2) is 49.4 Å². The molecule has 1 saturated heterocycles. The average molecular weight is 380 g/mol. The van der Waals surface area contributed by atoms with Crippen molar-refractivity contribution in [3.63, 3.8) is 0 Å². The van der Waals surface area contributed by atoms with Crippen molar-refractivity contribution in [2.24, 2.45) is 5.92 Å². The van der Waals surface area contributed by atoms with Crippen molar-refractivity contribution in [3.05, 3.63) is 71.3 Å². The Morgan fingerprint density at radius 2 is 1.86 bits per heavy atom. The summed E-state index contributed by atoms with van der Waals surface area (Å²) in [6.07, 6.45) is 2.06. The number of piperidine rings is 1. The van der Waals surface area contributed by atoms with Gasteiger partial charge in [-0.15, -0.1) is 0 Å². The molecule has 0 bridgehead atoms. The smallest absolute Gasteiger partial charge is 0.224 e. The monoisotopic (exact) mass is 379 g/mol. The van der Waals surface area contributed by atoms with E-state index in [-0.39, 0.29) is 17.9 Å². The number of nitrogens with one attached hydrogen (secondary N) is 1. The molecule has 1 aliphatic heterocycles. The standard InChI is InChI=1S/C24H33N3O/c1-19-11-13-21(14-12-19)23(26(2)3)16-25-24(28)22-10-7-15-27(18-22)17-20-8-5-4-6-9-20/h4-6,8-9,11-14,22-23H,7,10,15-18H2,1-3H3,(H,25,28). The second-order valence-corrected chi connectivity index (χ2v) is 8.20. The molecule has 0 aromatic heterocycles. The van der Waals surface area contributed by atoms with Gasteiger partial charge in [0, 0.05) is 19.6 Å². The summed E-state index contributed by atoms with van der Waals surface area (Å²) >= 11 is 0. The first-order valence-corrected chi connectivity index (χ1v) is 10.3. The Bertz CT molecular complexity index is 742. The Morgan fingerprint density at radius 3 is 2.54 bits per heavy atom. The van der Waals surface area contributed by atoms with Gasteiger partial charge in [0.05, 0.1) is 12.0 Å². The van der Waals surface area contributed by atoms with Crippen LogP contribution in [0, 0.1) is 12.8 Å². The largest absolute Gasteiger partial charge is 0.354 e. The summed E-state index contributed by atoms with van der Waals surface area (Å²) in [5.41, 5.74) is 3.81. The van der Waals surface area contributed by atoms with E-state index in [4.69, 9.17) is 0 Å². The molecule has 1 amide bonds. The molecule has 28 heavy (non-hydrogen) atoms. The molecule has 3 rings (SSSR count). The van der Waals surface area contributed by atoms with Crippen LogP contribution in [-0.2, 0) is 11.3 Å². The molecule has 4 nitrogen and oxygen atoms in total. The van der Waals surface area contributed by atoms with Crippen LogP contribution in [0.2, 0.25) is 0 Å². The van der Waals surface area contributed by atoms with Gasteiger partial charge in [0.25, 0.3) is 0 Å². The maximum Gasteiger partial charge on any atom is 0.224 e.